The Balaban J connectivity index is 3.98. The molecule has 16 heavy (non-hydrogen) atoms. The number of carboxylic acids is 1. The van der Waals surface area contributed by atoms with Gasteiger partial charge in [-0.2, -0.15) is 0 Å². The summed E-state index contributed by atoms with van der Waals surface area (Å²) in [5.74, 6) is -0.741. The van der Waals surface area contributed by atoms with Crippen molar-refractivity contribution in [3.8, 4) is 0 Å². The molecule has 0 radical (unpaired) electrons. The lowest BCUT2D eigenvalue weighted by atomic mass is 10.2. The zero-order valence-corrected chi connectivity index (χ0v) is 10.8. The normalized spacial score (nSPS) is 13.0. The summed E-state index contributed by atoms with van der Waals surface area (Å²) in [6.45, 7) is 9.94. The first-order chi connectivity index (χ1) is 7.65. The van der Waals surface area contributed by atoms with E-state index in [1.165, 1.54) is 0 Å². The summed E-state index contributed by atoms with van der Waals surface area (Å²) in [6.07, 6.45) is 2.93. The standard InChI is InChI=1S/C12H26N2O2/c1-4-8-14(9-5-2)10-7-11(12(15)16)13-6-3/h11,13H,4-10H2,1-3H3,(H,15,16). The van der Waals surface area contributed by atoms with Gasteiger partial charge in [0.2, 0.25) is 0 Å². The van der Waals surface area contributed by atoms with E-state index in [2.05, 4.69) is 24.1 Å². The largest absolute Gasteiger partial charge is 0.480 e. The first-order valence-electron chi connectivity index (χ1n) is 6.34. The van der Waals surface area contributed by atoms with Crippen molar-refractivity contribution in [3.05, 3.63) is 0 Å². The fraction of sp³-hybridized carbons (Fsp3) is 0.917. The Morgan fingerprint density at radius 3 is 2.12 bits per heavy atom. The number of hydrogen-bond acceptors (Lipinski definition) is 3. The van der Waals surface area contributed by atoms with Crippen LogP contribution in [0.4, 0.5) is 0 Å². The number of nitrogens with zero attached hydrogens (tertiary/aromatic N) is 1. The molecule has 0 saturated carbocycles. The highest BCUT2D eigenvalue weighted by Gasteiger charge is 2.16. The fourth-order valence-electron chi connectivity index (χ4n) is 1.84. The molecule has 0 amide bonds. The van der Waals surface area contributed by atoms with Crippen molar-refractivity contribution in [2.45, 2.75) is 46.1 Å². The number of hydrogen-bond donors (Lipinski definition) is 2. The topological polar surface area (TPSA) is 52.6 Å². The van der Waals surface area contributed by atoms with E-state index < -0.39 is 12.0 Å². The Kier molecular flexibility index (Phi) is 9.24. The van der Waals surface area contributed by atoms with E-state index in [4.69, 9.17) is 5.11 Å². The van der Waals surface area contributed by atoms with Crippen molar-refractivity contribution in [2.75, 3.05) is 26.2 Å². The van der Waals surface area contributed by atoms with Crippen LogP contribution in [0.1, 0.15) is 40.0 Å². The Morgan fingerprint density at radius 2 is 1.75 bits per heavy atom. The molecule has 1 atom stereocenters. The van der Waals surface area contributed by atoms with E-state index in [9.17, 15) is 4.79 Å². The Hall–Kier alpha value is -0.610. The van der Waals surface area contributed by atoms with Crippen LogP contribution in [0.2, 0.25) is 0 Å². The molecule has 1 unspecified atom stereocenters. The average molecular weight is 230 g/mol. The maximum Gasteiger partial charge on any atom is 0.320 e. The minimum absolute atomic E-state index is 0.402. The highest BCUT2D eigenvalue weighted by atomic mass is 16.4. The fourth-order valence-corrected chi connectivity index (χ4v) is 1.84. The summed E-state index contributed by atoms with van der Waals surface area (Å²) < 4.78 is 0. The van der Waals surface area contributed by atoms with Gasteiger partial charge in [-0.25, -0.2) is 0 Å². The smallest absolute Gasteiger partial charge is 0.320 e. The summed E-state index contributed by atoms with van der Waals surface area (Å²) in [6, 6.07) is -0.402. The zero-order chi connectivity index (χ0) is 12.4. The number of likely N-dealkylation sites (N-methyl/N-ethyl adjacent to an activating group) is 1. The summed E-state index contributed by atoms with van der Waals surface area (Å²) >= 11 is 0. The molecule has 0 rings (SSSR count). The summed E-state index contributed by atoms with van der Waals surface area (Å²) in [7, 11) is 0. The molecule has 96 valence electrons. The van der Waals surface area contributed by atoms with Crippen LogP contribution in [0.25, 0.3) is 0 Å². The van der Waals surface area contributed by atoms with Crippen molar-refractivity contribution in [1.29, 1.82) is 0 Å². The monoisotopic (exact) mass is 230 g/mol. The van der Waals surface area contributed by atoms with Gasteiger partial charge in [-0.3, -0.25) is 4.79 Å². The molecule has 0 aliphatic carbocycles. The zero-order valence-electron chi connectivity index (χ0n) is 10.8. The lowest BCUT2D eigenvalue weighted by Gasteiger charge is -2.23. The highest BCUT2D eigenvalue weighted by Crippen LogP contribution is 2.00. The molecule has 4 nitrogen and oxygen atoms in total. The first kappa shape index (κ1) is 15.4. The van der Waals surface area contributed by atoms with Crippen LogP contribution < -0.4 is 5.32 Å². The summed E-state index contributed by atoms with van der Waals surface area (Å²) in [4.78, 5) is 13.3. The van der Waals surface area contributed by atoms with Gasteiger partial charge in [-0.05, 0) is 38.9 Å². The molecule has 0 aromatic rings. The van der Waals surface area contributed by atoms with Crippen LogP contribution in [0.3, 0.4) is 0 Å². The number of carbonyl (C=O) groups is 1. The Labute approximate surface area is 99.0 Å². The molecule has 0 heterocycles. The van der Waals surface area contributed by atoms with Crippen LogP contribution in [0.15, 0.2) is 0 Å². The van der Waals surface area contributed by atoms with Gasteiger partial charge in [0.1, 0.15) is 6.04 Å². The number of carboxylic acid groups (broad SMARTS) is 1. The van der Waals surface area contributed by atoms with E-state index in [1.54, 1.807) is 0 Å². The second-order valence-electron chi connectivity index (χ2n) is 4.08. The SMILES string of the molecule is CCCN(CCC)CCC(NCC)C(=O)O. The maximum atomic E-state index is 10.9. The van der Waals surface area contributed by atoms with E-state index >= 15 is 0 Å². The number of nitrogens with one attached hydrogen (secondary N) is 1. The van der Waals surface area contributed by atoms with Gasteiger partial charge in [-0.15, -0.1) is 0 Å². The van der Waals surface area contributed by atoms with E-state index in [-0.39, 0.29) is 0 Å². The van der Waals surface area contributed by atoms with Crippen molar-refractivity contribution in [3.63, 3.8) is 0 Å². The molecule has 0 aliphatic heterocycles. The van der Waals surface area contributed by atoms with E-state index in [0.717, 1.165) is 32.5 Å². The van der Waals surface area contributed by atoms with Crippen LogP contribution in [0.5, 0.6) is 0 Å². The van der Waals surface area contributed by atoms with E-state index in [1.807, 2.05) is 6.92 Å². The molecule has 0 fully saturated rings. The third-order valence-electron chi connectivity index (χ3n) is 2.56. The van der Waals surface area contributed by atoms with Gasteiger partial charge < -0.3 is 15.3 Å². The predicted octanol–water partition coefficient (Wildman–Crippen LogP) is 1.56. The van der Waals surface area contributed by atoms with Crippen molar-refractivity contribution >= 4 is 5.97 Å². The molecule has 2 N–H and O–H groups in total. The second-order valence-corrected chi connectivity index (χ2v) is 4.08. The third-order valence-corrected chi connectivity index (χ3v) is 2.56. The predicted molar refractivity (Wildman–Crippen MR) is 66.7 cm³/mol. The van der Waals surface area contributed by atoms with Gasteiger partial charge in [0.05, 0.1) is 0 Å². The van der Waals surface area contributed by atoms with Gasteiger partial charge in [-0.1, -0.05) is 20.8 Å². The average Bonchev–Trinajstić information content (AvgIpc) is 2.24. The maximum absolute atomic E-state index is 10.9. The second kappa shape index (κ2) is 9.60. The van der Waals surface area contributed by atoms with E-state index in [0.29, 0.717) is 13.0 Å². The van der Waals surface area contributed by atoms with Gasteiger partial charge in [0, 0.05) is 6.54 Å². The highest BCUT2D eigenvalue weighted by molar-refractivity contribution is 5.73. The van der Waals surface area contributed by atoms with Crippen LogP contribution in [-0.4, -0.2) is 48.2 Å². The van der Waals surface area contributed by atoms with Crippen molar-refractivity contribution in [1.82, 2.24) is 10.2 Å². The summed E-state index contributed by atoms with van der Waals surface area (Å²) in [5.41, 5.74) is 0. The van der Waals surface area contributed by atoms with Crippen LogP contribution in [-0.2, 0) is 4.79 Å². The van der Waals surface area contributed by atoms with Crippen LogP contribution in [0, 0.1) is 0 Å². The first-order valence-corrected chi connectivity index (χ1v) is 6.34. The lowest BCUT2D eigenvalue weighted by Crippen LogP contribution is -2.40. The molecular formula is C12H26N2O2. The van der Waals surface area contributed by atoms with Gasteiger partial charge in [0.25, 0.3) is 0 Å². The minimum Gasteiger partial charge on any atom is -0.480 e. The molecule has 0 bridgehead atoms. The molecule has 0 aliphatic rings. The Morgan fingerprint density at radius 1 is 1.19 bits per heavy atom. The quantitative estimate of drug-likeness (QED) is 0.598. The Bertz CT molecular complexity index is 180. The summed E-state index contributed by atoms with van der Waals surface area (Å²) in [5, 5.41) is 12.0. The molecule has 0 saturated heterocycles. The minimum atomic E-state index is -0.741. The van der Waals surface area contributed by atoms with Crippen LogP contribution >= 0.6 is 0 Å². The van der Waals surface area contributed by atoms with Gasteiger partial charge in [0.15, 0.2) is 0 Å². The number of aliphatic carboxylic acids is 1. The lowest BCUT2D eigenvalue weighted by molar-refractivity contribution is -0.139. The molecule has 4 heteroatoms. The van der Waals surface area contributed by atoms with Gasteiger partial charge >= 0.3 is 5.97 Å². The van der Waals surface area contributed by atoms with Crippen molar-refractivity contribution < 1.29 is 9.90 Å². The molecular weight excluding hydrogens is 204 g/mol. The molecule has 0 aromatic heterocycles. The molecule has 0 spiro atoms. The molecule has 0 aromatic carbocycles. The number of rotatable bonds is 10. The van der Waals surface area contributed by atoms with Crippen molar-refractivity contribution in [2.24, 2.45) is 0 Å². The third kappa shape index (κ3) is 6.80.